The molecule has 5 nitrogen and oxygen atoms in total. The van der Waals surface area contributed by atoms with Crippen molar-refractivity contribution in [3.63, 3.8) is 0 Å². The zero-order chi connectivity index (χ0) is 9.14. The van der Waals surface area contributed by atoms with Gasteiger partial charge in [-0.25, -0.2) is 0 Å². The summed E-state index contributed by atoms with van der Waals surface area (Å²) in [5, 5.41) is 3.88. The summed E-state index contributed by atoms with van der Waals surface area (Å²) in [6.07, 6.45) is 4.48. The van der Waals surface area contributed by atoms with E-state index in [9.17, 15) is 4.79 Å². The van der Waals surface area contributed by atoms with Gasteiger partial charge in [0.15, 0.2) is 5.82 Å². The van der Waals surface area contributed by atoms with Crippen molar-refractivity contribution >= 4 is 17.8 Å². The van der Waals surface area contributed by atoms with Gasteiger partial charge in [-0.2, -0.15) is 5.10 Å². The minimum absolute atomic E-state index is 0.384. The number of aromatic nitrogens is 2. The summed E-state index contributed by atoms with van der Waals surface area (Å²) in [6.45, 7) is 0. The predicted molar refractivity (Wildman–Crippen MR) is 45.8 cm³/mol. The molecule has 0 aliphatic carbocycles. The van der Waals surface area contributed by atoms with Gasteiger partial charge in [-0.15, -0.1) is 0 Å². The lowest BCUT2D eigenvalue weighted by molar-refractivity contribution is -0.113. The van der Waals surface area contributed by atoms with Crippen molar-refractivity contribution in [1.29, 1.82) is 0 Å². The first-order valence-electron chi connectivity index (χ1n) is 3.36. The zero-order valence-electron chi connectivity index (χ0n) is 6.69. The first-order valence-corrected chi connectivity index (χ1v) is 3.36. The van der Waals surface area contributed by atoms with E-state index in [2.05, 4.69) is 5.10 Å². The number of rotatable bonds is 2. The van der Waals surface area contributed by atoms with Gasteiger partial charge in [0, 0.05) is 24.9 Å². The van der Waals surface area contributed by atoms with Crippen LogP contribution < -0.4 is 11.5 Å². The fraction of sp³-hybridized carbons (Fsp3) is 0.143. The van der Waals surface area contributed by atoms with Crippen LogP contribution in [-0.2, 0) is 11.8 Å². The maximum atomic E-state index is 10.4. The van der Waals surface area contributed by atoms with Crippen LogP contribution in [0, 0.1) is 0 Å². The predicted octanol–water partition coefficient (Wildman–Crippen LogP) is -0.499. The van der Waals surface area contributed by atoms with Crippen molar-refractivity contribution in [2.24, 2.45) is 12.8 Å². The molecule has 0 aliphatic heterocycles. The van der Waals surface area contributed by atoms with Crippen LogP contribution >= 0.6 is 0 Å². The zero-order valence-corrected chi connectivity index (χ0v) is 6.69. The van der Waals surface area contributed by atoms with Gasteiger partial charge in [0.05, 0.1) is 0 Å². The third-order valence-corrected chi connectivity index (χ3v) is 1.31. The Bertz CT molecular complexity index is 326. The smallest absolute Gasteiger partial charge is 0.241 e. The topological polar surface area (TPSA) is 86.9 Å². The minimum Gasteiger partial charge on any atom is -0.382 e. The van der Waals surface area contributed by atoms with E-state index in [0.29, 0.717) is 11.4 Å². The molecule has 0 radical (unpaired) electrons. The van der Waals surface area contributed by atoms with Crippen LogP contribution in [-0.4, -0.2) is 15.7 Å². The highest BCUT2D eigenvalue weighted by atomic mass is 16.1. The van der Waals surface area contributed by atoms with Crippen LogP contribution in [0.25, 0.3) is 6.08 Å². The summed E-state index contributed by atoms with van der Waals surface area (Å²) in [4.78, 5) is 10.4. The third kappa shape index (κ3) is 1.85. The van der Waals surface area contributed by atoms with E-state index < -0.39 is 5.91 Å². The second-order valence-electron chi connectivity index (χ2n) is 2.38. The van der Waals surface area contributed by atoms with Crippen molar-refractivity contribution in [2.75, 3.05) is 5.73 Å². The summed E-state index contributed by atoms with van der Waals surface area (Å²) >= 11 is 0. The number of carbonyl (C=O) groups is 1. The minimum atomic E-state index is -0.502. The molecular weight excluding hydrogens is 156 g/mol. The van der Waals surface area contributed by atoms with Crippen molar-refractivity contribution in [3.8, 4) is 0 Å². The third-order valence-electron chi connectivity index (χ3n) is 1.31. The summed E-state index contributed by atoms with van der Waals surface area (Å²) in [5.74, 6) is -0.117. The van der Waals surface area contributed by atoms with Gasteiger partial charge in [0.1, 0.15) is 0 Å². The summed E-state index contributed by atoms with van der Waals surface area (Å²) < 4.78 is 1.57. The van der Waals surface area contributed by atoms with Crippen LogP contribution in [0.3, 0.4) is 0 Å². The van der Waals surface area contributed by atoms with Gasteiger partial charge in [-0.3, -0.25) is 9.48 Å². The molecular formula is C7H10N4O. The van der Waals surface area contributed by atoms with E-state index in [1.807, 2.05) is 0 Å². The van der Waals surface area contributed by atoms with Crippen LogP contribution in [0.5, 0.6) is 0 Å². The molecule has 12 heavy (non-hydrogen) atoms. The molecule has 1 heterocycles. The molecule has 0 fully saturated rings. The number of hydrogen-bond donors (Lipinski definition) is 2. The fourth-order valence-corrected chi connectivity index (χ4v) is 0.824. The summed E-state index contributed by atoms with van der Waals surface area (Å²) in [7, 11) is 1.75. The van der Waals surface area contributed by atoms with E-state index in [-0.39, 0.29) is 0 Å². The van der Waals surface area contributed by atoms with E-state index in [1.165, 1.54) is 12.2 Å². The number of carbonyl (C=O) groups excluding carboxylic acids is 1. The van der Waals surface area contributed by atoms with Gasteiger partial charge in [-0.1, -0.05) is 0 Å². The Morgan fingerprint density at radius 1 is 1.75 bits per heavy atom. The average Bonchev–Trinajstić information content (AvgIpc) is 2.26. The molecule has 1 aromatic rings. The second-order valence-corrected chi connectivity index (χ2v) is 2.38. The number of amides is 1. The first-order chi connectivity index (χ1) is 5.59. The molecule has 64 valence electrons. The SMILES string of the molecule is Cn1cc(C=CC(N)=O)c(N)n1. The Hall–Kier alpha value is -1.78. The van der Waals surface area contributed by atoms with Crippen LogP contribution in [0.15, 0.2) is 12.3 Å². The van der Waals surface area contributed by atoms with Gasteiger partial charge in [0.2, 0.25) is 5.91 Å². The Balaban J connectivity index is 2.89. The first kappa shape index (κ1) is 8.32. The molecule has 0 bridgehead atoms. The van der Waals surface area contributed by atoms with Crippen LogP contribution in [0.4, 0.5) is 5.82 Å². The number of hydrogen-bond acceptors (Lipinski definition) is 3. The lowest BCUT2D eigenvalue weighted by Crippen LogP contribution is -2.05. The lowest BCUT2D eigenvalue weighted by atomic mass is 10.3. The van der Waals surface area contributed by atoms with Crippen molar-refractivity contribution in [3.05, 3.63) is 17.8 Å². The fourth-order valence-electron chi connectivity index (χ4n) is 0.824. The number of primary amides is 1. The quantitative estimate of drug-likeness (QED) is 0.580. The van der Waals surface area contributed by atoms with Crippen molar-refractivity contribution < 1.29 is 4.79 Å². The standard InChI is InChI=1S/C7H10N4O/c1-11-4-5(7(9)10-11)2-3-6(8)12/h2-4H,1H3,(H2,8,12)(H2,9,10). The van der Waals surface area contributed by atoms with Gasteiger partial charge >= 0.3 is 0 Å². The molecule has 4 N–H and O–H groups in total. The van der Waals surface area contributed by atoms with Gasteiger partial charge in [-0.05, 0) is 6.08 Å². The molecule has 1 aromatic heterocycles. The maximum Gasteiger partial charge on any atom is 0.241 e. The Kier molecular flexibility index (Phi) is 2.14. The monoisotopic (exact) mass is 166 g/mol. The lowest BCUT2D eigenvalue weighted by Gasteiger charge is -1.84. The highest BCUT2D eigenvalue weighted by molar-refractivity contribution is 5.90. The molecule has 0 spiro atoms. The number of anilines is 1. The van der Waals surface area contributed by atoms with Crippen molar-refractivity contribution in [2.45, 2.75) is 0 Å². The summed E-state index contributed by atoms with van der Waals surface area (Å²) in [5.41, 5.74) is 11.1. The highest BCUT2D eigenvalue weighted by Gasteiger charge is 1.98. The molecule has 0 saturated carbocycles. The summed E-state index contributed by atoms with van der Waals surface area (Å²) in [6, 6.07) is 0. The number of aryl methyl sites for hydroxylation is 1. The van der Waals surface area contributed by atoms with E-state index in [1.54, 1.807) is 17.9 Å². The largest absolute Gasteiger partial charge is 0.382 e. The second kappa shape index (κ2) is 3.08. The van der Waals surface area contributed by atoms with Crippen LogP contribution in [0.1, 0.15) is 5.56 Å². The number of nitrogens with zero attached hydrogens (tertiary/aromatic N) is 2. The Morgan fingerprint density at radius 3 is 2.83 bits per heavy atom. The van der Waals surface area contributed by atoms with Gasteiger partial charge < -0.3 is 11.5 Å². The highest BCUT2D eigenvalue weighted by Crippen LogP contribution is 2.09. The molecule has 1 amide bonds. The van der Waals surface area contributed by atoms with E-state index in [0.717, 1.165) is 0 Å². The molecule has 0 saturated heterocycles. The Morgan fingerprint density at radius 2 is 2.42 bits per heavy atom. The normalized spacial score (nSPS) is 10.8. The van der Waals surface area contributed by atoms with Crippen molar-refractivity contribution in [1.82, 2.24) is 9.78 Å². The molecule has 5 heteroatoms. The number of nitrogen functional groups attached to an aromatic ring is 1. The number of nitrogens with two attached hydrogens (primary N) is 2. The van der Waals surface area contributed by atoms with Crippen LogP contribution in [0.2, 0.25) is 0 Å². The van der Waals surface area contributed by atoms with Gasteiger partial charge in [0.25, 0.3) is 0 Å². The molecule has 1 rings (SSSR count). The van der Waals surface area contributed by atoms with E-state index in [4.69, 9.17) is 11.5 Å². The molecule has 0 atom stereocenters. The molecule has 0 aliphatic rings. The average molecular weight is 166 g/mol. The molecule has 0 aromatic carbocycles. The maximum absolute atomic E-state index is 10.4. The van der Waals surface area contributed by atoms with E-state index >= 15 is 0 Å². The Labute approximate surface area is 69.7 Å². The molecule has 0 unspecified atom stereocenters.